The van der Waals surface area contributed by atoms with Crippen LogP contribution in [0.3, 0.4) is 0 Å². The van der Waals surface area contributed by atoms with Gasteiger partial charge in [-0.1, -0.05) is 13.8 Å². The van der Waals surface area contributed by atoms with Gasteiger partial charge in [0.1, 0.15) is 11.6 Å². The van der Waals surface area contributed by atoms with E-state index in [0.29, 0.717) is 59.6 Å². The van der Waals surface area contributed by atoms with Gasteiger partial charge in [0.05, 0.1) is 42.8 Å². The summed E-state index contributed by atoms with van der Waals surface area (Å²) in [7, 11) is 0. The number of ether oxygens (including phenoxy) is 1. The van der Waals surface area contributed by atoms with Gasteiger partial charge in [-0.25, -0.2) is 14.4 Å². The van der Waals surface area contributed by atoms with Crippen LogP contribution in [-0.2, 0) is 11.3 Å². The van der Waals surface area contributed by atoms with Gasteiger partial charge in [-0.2, -0.15) is 9.97 Å². The second-order valence-electron chi connectivity index (χ2n) is 9.07. The van der Waals surface area contributed by atoms with Crippen molar-refractivity contribution >= 4 is 39.7 Å². The minimum Gasteiger partial charge on any atom is -0.380 e. The largest absolute Gasteiger partial charge is 0.380 e. The number of morpholine rings is 1. The maximum absolute atomic E-state index is 14.4. The van der Waals surface area contributed by atoms with Gasteiger partial charge in [-0.3, -0.25) is 0 Å². The Balaban J connectivity index is 0.00000148. The van der Waals surface area contributed by atoms with Crippen molar-refractivity contribution in [1.29, 1.82) is 0 Å². The molecule has 0 radical (unpaired) electrons. The summed E-state index contributed by atoms with van der Waals surface area (Å²) >= 11 is 0. The van der Waals surface area contributed by atoms with Crippen LogP contribution in [0, 0.1) is 5.82 Å². The molecule has 0 unspecified atom stereocenters. The van der Waals surface area contributed by atoms with E-state index in [2.05, 4.69) is 44.3 Å². The van der Waals surface area contributed by atoms with E-state index in [9.17, 15) is 4.39 Å². The van der Waals surface area contributed by atoms with Crippen LogP contribution in [0.25, 0.3) is 22.2 Å². The van der Waals surface area contributed by atoms with Crippen LogP contribution in [0.2, 0.25) is 0 Å². The van der Waals surface area contributed by atoms with Crippen molar-refractivity contribution in [2.45, 2.75) is 60.2 Å². The number of fused-ring (bicyclic) bond motifs is 2. The van der Waals surface area contributed by atoms with E-state index in [4.69, 9.17) is 14.7 Å². The first kappa shape index (κ1) is 25.6. The fourth-order valence-electron chi connectivity index (χ4n) is 4.07. The normalized spacial score (nSPS) is 14.0. The number of aromatic amines is 1. The first-order chi connectivity index (χ1) is 17.4. The Kier molecular flexibility index (Phi) is 7.88. The highest BCUT2D eigenvalue weighted by molar-refractivity contribution is 5.85. The predicted octanol–water partition coefficient (Wildman–Crippen LogP) is 4.72. The molecular weight excluding hydrogens is 461 g/mol. The predicted molar refractivity (Wildman–Crippen MR) is 142 cm³/mol. The molecule has 0 saturated carbocycles. The molecule has 194 valence electrons. The van der Waals surface area contributed by atoms with Gasteiger partial charge in [0.25, 0.3) is 0 Å². The molecule has 1 aliphatic heterocycles. The summed E-state index contributed by atoms with van der Waals surface area (Å²) in [5.41, 5.74) is 3.28. The maximum atomic E-state index is 14.4. The van der Waals surface area contributed by atoms with Gasteiger partial charge in [-0.05, 0) is 33.8 Å². The third-order valence-electron chi connectivity index (χ3n) is 5.75. The Hall–Kier alpha value is -3.47. The smallest absolute Gasteiger partial charge is 0.229 e. The van der Waals surface area contributed by atoms with Crippen molar-refractivity contribution in [1.82, 2.24) is 29.5 Å². The SMILES string of the molecule is CC.CC(C)Nc1cc2nc(CNc3nc(N4CCOCC4)nc4c3ncn4C(C)C)[nH]c2cc1F. The number of imidazole rings is 2. The Morgan fingerprint density at radius 1 is 1.08 bits per heavy atom. The zero-order valence-electron chi connectivity index (χ0n) is 21.9. The van der Waals surface area contributed by atoms with Crippen LogP contribution in [-0.4, -0.2) is 61.8 Å². The van der Waals surface area contributed by atoms with Gasteiger partial charge < -0.3 is 29.8 Å². The molecular formula is C25H36FN9O. The van der Waals surface area contributed by atoms with Crippen molar-refractivity contribution in [3.63, 3.8) is 0 Å². The van der Waals surface area contributed by atoms with Crippen molar-refractivity contribution in [3.05, 3.63) is 30.1 Å². The summed E-state index contributed by atoms with van der Waals surface area (Å²) in [6, 6.07) is 3.54. The molecule has 1 aliphatic rings. The summed E-state index contributed by atoms with van der Waals surface area (Å²) in [6.07, 6.45) is 1.80. The second kappa shape index (κ2) is 11.1. The van der Waals surface area contributed by atoms with Crippen LogP contribution in [0.4, 0.5) is 21.8 Å². The number of anilines is 3. The van der Waals surface area contributed by atoms with Gasteiger partial charge in [0, 0.05) is 31.2 Å². The molecule has 1 saturated heterocycles. The summed E-state index contributed by atoms with van der Waals surface area (Å²) in [6.45, 7) is 15.3. The molecule has 36 heavy (non-hydrogen) atoms. The zero-order valence-corrected chi connectivity index (χ0v) is 21.9. The van der Waals surface area contributed by atoms with Crippen LogP contribution in [0.5, 0.6) is 0 Å². The minimum atomic E-state index is -0.309. The van der Waals surface area contributed by atoms with Crippen LogP contribution >= 0.6 is 0 Å². The fraction of sp³-hybridized carbons (Fsp3) is 0.520. The molecule has 0 aliphatic carbocycles. The summed E-state index contributed by atoms with van der Waals surface area (Å²) in [5, 5.41) is 6.49. The molecule has 3 N–H and O–H groups in total. The lowest BCUT2D eigenvalue weighted by molar-refractivity contribution is 0.122. The summed E-state index contributed by atoms with van der Waals surface area (Å²) in [5.74, 6) is 1.66. The number of nitrogens with one attached hydrogen (secondary N) is 3. The minimum absolute atomic E-state index is 0.124. The lowest BCUT2D eigenvalue weighted by Crippen LogP contribution is -2.37. The number of rotatable bonds is 7. The Bertz CT molecular complexity index is 1310. The van der Waals surface area contributed by atoms with Crippen LogP contribution in [0.1, 0.15) is 53.4 Å². The number of hydrogen-bond donors (Lipinski definition) is 3. The van der Waals surface area contributed by atoms with E-state index in [-0.39, 0.29) is 17.9 Å². The molecule has 1 aromatic carbocycles. The number of hydrogen-bond acceptors (Lipinski definition) is 8. The van der Waals surface area contributed by atoms with Gasteiger partial charge in [0.15, 0.2) is 17.0 Å². The third kappa shape index (κ3) is 5.35. The monoisotopic (exact) mass is 497 g/mol. The first-order valence-electron chi connectivity index (χ1n) is 12.6. The quantitative estimate of drug-likeness (QED) is 0.337. The lowest BCUT2D eigenvalue weighted by Gasteiger charge is -2.27. The molecule has 4 aromatic rings. The van der Waals surface area contributed by atoms with Crippen molar-refractivity contribution < 1.29 is 9.13 Å². The molecule has 10 nitrogen and oxygen atoms in total. The van der Waals surface area contributed by atoms with E-state index < -0.39 is 0 Å². The molecule has 5 rings (SSSR count). The molecule has 3 aromatic heterocycles. The number of halogens is 1. The van der Waals surface area contributed by atoms with E-state index in [1.807, 2.05) is 32.3 Å². The van der Waals surface area contributed by atoms with Crippen LogP contribution in [0.15, 0.2) is 18.5 Å². The second-order valence-corrected chi connectivity index (χ2v) is 9.07. The van der Waals surface area contributed by atoms with Crippen LogP contribution < -0.4 is 15.5 Å². The lowest BCUT2D eigenvalue weighted by atomic mass is 10.2. The van der Waals surface area contributed by atoms with Gasteiger partial charge in [0.2, 0.25) is 5.95 Å². The summed E-state index contributed by atoms with van der Waals surface area (Å²) in [4.78, 5) is 24.1. The Labute approximate surface area is 210 Å². The van der Waals surface area contributed by atoms with Crippen molar-refractivity contribution in [3.8, 4) is 0 Å². The average molecular weight is 498 g/mol. The fourth-order valence-corrected chi connectivity index (χ4v) is 4.07. The van der Waals surface area contributed by atoms with Crippen molar-refractivity contribution in [2.75, 3.05) is 41.8 Å². The molecule has 0 spiro atoms. The van der Waals surface area contributed by atoms with Gasteiger partial charge >= 0.3 is 0 Å². The maximum Gasteiger partial charge on any atom is 0.229 e. The third-order valence-corrected chi connectivity index (χ3v) is 5.75. The molecule has 0 amide bonds. The number of H-pyrrole nitrogens is 1. The van der Waals surface area contributed by atoms with E-state index >= 15 is 0 Å². The summed E-state index contributed by atoms with van der Waals surface area (Å²) < 4.78 is 22.0. The van der Waals surface area contributed by atoms with E-state index in [0.717, 1.165) is 18.7 Å². The number of aromatic nitrogens is 6. The number of benzene rings is 1. The Morgan fingerprint density at radius 3 is 2.53 bits per heavy atom. The number of nitrogens with zero attached hydrogens (tertiary/aromatic N) is 6. The highest BCUT2D eigenvalue weighted by Gasteiger charge is 2.20. The van der Waals surface area contributed by atoms with E-state index in [1.165, 1.54) is 6.07 Å². The Morgan fingerprint density at radius 2 is 1.83 bits per heavy atom. The highest BCUT2D eigenvalue weighted by atomic mass is 19.1. The van der Waals surface area contributed by atoms with Crippen molar-refractivity contribution in [2.24, 2.45) is 0 Å². The first-order valence-corrected chi connectivity index (χ1v) is 12.6. The van der Waals surface area contributed by atoms with Gasteiger partial charge in [-0.15, -0.1) is 0 Å². The average Bonchev–Trinajstić information content (AvgIpc) is 3.48. The molecule has 0 bridgehead atoms. The molecule has 4 heterocycles. The molecule has 0 atom stereocenters. The molecule has 11 heteroatoms. The zero-order chi connectivity index (χ0) is 25.8. The standard InChI is InChI=1S/C23H30FN9O.C2H6/c1-13(2)27-16-10-18-17(9-15(16)24)28-19(29-18)11-25-21-20-22(33(12-26-20)14(3)4)31-23(30-21)32-5-7-34-8-6-32;1-2/h9-10,12-14,27H,5-8,11H2,1-4H3,(H,28,29)(H,25,30,31);1-2H3. The highest BCUT2D eigenvalue weighted by Crippen LogP contribution is 2.26. The topological polar surface area (TPSA) is 109 Å². The molecule has 1 fully saturated rings. The van der Waals surface area contributed by atoms with E-state index in [1.54, 1.807) is 12.4 Å².